The van der Waals surface area contributed by atoms with Crippen LogP contribution in [-0.2, 0) is 10.0 Å². The Morgan fingerprint density at radius 2 is 1.85 bits per heavy atom. The van der Waals surface area contributed by atoms with E-state index in [1.165, 1.54) is 47.8 Å². The summed E-state index contributed by atoms with van der Waals surface area (Å²) < 4.78 is 46.0. The summed E-state index contributed by atoms with van der Waals surface area (Å²) in [6.45, 7) is 0.883. The molecule has 1 heterocycles. The second-order valence-electron chi connectivity index (χ2n) is 5.91. The maximum atomic E-state index is 13.7. The fraction of sp³-hybridized carbons (Fsp3) is 0.278. The van der Waals surface area contributed by atoms with Crippen LogP contribution in [0, 0.1) is 5.82 Å². The molecule has 0 atom stereocenters. The van der Waals surface area contributed by atoms with E-state index in [-0.39, 0.29) is 21.9 Å². The summed E-state index contributed by atoms with van der Waals surface area (Å²) in [7, 11) is -2.39. The number of sulfonamides is 1. The molecule has 0 radical (unpaired) electrons. The highest BCUT2D eigenvalue weighted by molar-refractivity contribution is 7.89. The Balaban J connectivity index is 1.94. The van der Waals surface area contributed by atoms with Crippen LogP contribution in [0.2, 0.25) is 0 Å². The number of nitrogens with one attached hydrogen (secondary N) is 1. The molecule has 0 spiro atoms. The molecule has 1 aliphatic heterocycles. The normalized spacial score (nSPS) is 15.0. The Labute approximate surface area is 151 Å². The monoisotopic (exact) mass is 378 g/mol. The number of anilines is 1. The van der Waals surface area contributed by atoms with Crippen LogP contribution in [0.4, 0.5) is 10.1 Å². The molecular formula is C18H19FN2O4S. The van der Waals surface area contributed by atoms with Crippen molar-refractivity contribution in [3.8, 4) is 5.75 Å². The predicted octanol–water partition coefficient (Wildman–Crippen LogP) is 2.87. The minimum absolute atomic E-state index is 0.0252. The van der Waals surface area contributed by atoms with Gasteiger partial charge in [-0.3, -0.25) is 4.79 Å². The first-order chi connectivity index (χ1) is 12.4. The standard InChI is InChI=1S/C18H19FN2O4S/c1-25-16-9-8-13(18(22)20-15-7-3-2-6-14(15)19)12-17(16)26(23,24)21-10-4-5-11-21/h2-3,6-9,12H,4-5,10-11H2,1H3,(H,20,22). The van der Waals surface area contributed by atoms with Gasteiger partial charge in [0, 0.05) is 18.7 Å². The Morgan fingerprint density at radius 1 is 1.15 bits per heavy atom. The molecule has 1 amide bonds. The molecule has 0 saturated carbocycles. The molecule has 6 nitrogen and oxygen atoms in total. The third-order valence-electron chi connectivity index (χ3n) is 4.23. The molecule has 26 heavy (non-hydrogen) atoms. The van der Waals surface area contributed by atoms with Gasteiger partial charge in [-0.05, 0) is 43.2 Å². The average Bonchev–Trinajstić information content (AvgIpc) is 3.18. The van der Waals surface area contributed by atoms with Gasteiger partial charge in [-0.15, -0.1) is 0 Å². The van der Waals surface area contributed by atoms with Gasteiger partial charge < -0.3 is 10.1 Å². The summed E-state index contributed by atoms with van der Waals surface area (Å²) >= 11 is 0. The number of ether oxygens (including phenoxy) is 1. The summed E-state index contributed by atoms with van der Waals surface area (Å²) in [5.41, 5.74) is 0.129. The molecule has 0 aliphatic carbocycles. The van der Waals surface area contributed by atoms with Gasteiger partial charge in [0.05, 0.1) is 12.8 Å². The number of hydrogen-bond donors (Lipinski definition) is 1. The van der Waals surface area contributed by atoms with E-state index >= 15 is 0 Å². The lowest BCUT2D eigenvalue weighted by atomic mass is 10.2. The number of methoxy groups -OCH3 is 1. The van der Waals surface area contributed by atoms with Crippen LogP contribution >= 0.6 is 0 Å². The van der Waals surface area contributed by atoms with Crippen LogP contribution in [0.15, 0.2) is 47.4 Å². The second-order valence-corrected chi connectivity index (χ2v) is 7.82. The van der Waals surface area contributed by atoms with Crippen molar-refractivity contribution >= 4 is 21.6 Å². The fourth-order valence-electron chi connectivity index (χ4n) is 2.84. The maximum Gasteiger partial charge on any atom is 0.255 e. The van der Waals surface area contributed by atoms with Crippen LogP contribution < -0.4 is 10.1 Å². The second kappa shape index (κ2) is 7.43. The lowest BCUT2D eigenvalue weighted by Crippen LogP contribution is -2.28. The van der Waals surface area contributed by atoms with E-state index in [9.17, 15) is 17.6 Å². The minimum atomic E-state index is -3.76. The first kappa shape index (κ1) is 18.3. The van der Waals surface area contributed by atoms with Crippen LogP contribution in [0.5, 0.6) is 5.75 Å². The number of hydrogen-bond acceptors (Lipinski definition) is 4. The first-order valence-corrected chi connectivity index (χ1v) is 9.61. The van der Waals surface area contributed by atoms with Crippen molar-refractivity contribution in [2.45, 2.75) is 17.7 Å². The van der Waals surface area contributed by atoms with Crippen molar-refractivity contribution in [1.82, 2.24) is 4.31 Å². The van der Waals surface area contributed by atoms with Crippen molar-refractivity contribution in [1.29, 1.82) is 0 Å². The number of nitrogens with zero attached hydrogens (tertiary/aromatic N) is 1. The quantitative estimate of drug-likeness (QED) is 0.868. The summed E-state index contributed by atoms with van der Waals surface area (Å²) in [6.07, 6.45) is 1.60. The molecular weight excluding hydrogens is 359 g/mol. The molecule has 3 rings (SSSR count). The van der Waals surface area contributed by atoms with Gasteiger partial charge >= 0.3 is 0 Å². The van der Waals surface area contributed by atoms with Crippen molar-refractivity contribution < 1.29 is 22.3 Å². The number of benzene rings is 2. The Kier molecular flexibility index (Phi) is 5.24. The van der Waals surface area contributed by atoms with Crippen LogP contribution in [0.3, 0.4) is 0 Å². The van der Waals surface area contributed by atoms with E-state index in [0.29, 0.717) is 13.1 Å². The largest absolute Gasteiger partial charge is 0.495 e. The van der Waals surface area contributed by atoms with Gasteiger partial charge in [0.1, 0.15) is 16.5 Å². The molecule has 1 aliphatic rings. The van der Waals surface area contributed by atoms with Gasteiger partial charge in [-0.2, -0.15) is 4.31 Å². The van der Waals surface area contributed by atoms with Crippen LogP contribution in [-0.4, -0.2) is 38.8 Å². The summed E-state index contributed by atoms with van der Waals surface area (Å²) in [5.74, 6) is -1.01. The number of para-hydroxylation sites is 1. The Hall–Kier alpha value is -2.45. The van der Waals surface area contributed by atoms with Gasteiger partial charge in [0.25, 0.3) is 5.91 Å². The lowest BCUT2D eigenvalue weighted by Gasteiger charge is -2.18. The number of carbonyl (C=O) groups is 1. The summed E-state index contributed by atoms with van der Waals surface area (Å²) in [6, 6.07) is 9.90. The fourth-order valence-corrected chi connectivity index (χ4v) is 4.54. The topological polar surface area (TPSA) is 75.7 Å². The zero-order valence-electron chi connectivity index (χ0n) is 14.2. The molecule has 0 unspecified atom stereocenters. The minimum Gasteiger partial charge on any atom is -0.495 e. The Morgan fingerprint density at radius 3 is 2.50 bits per heavy atom. The Bertz CT molecular complexity index is 925. The zero-order valence-corrected chi connectivity index (χ0v) is 15.1. The van der Waals surface area contributed by atoms with Crippen molar-refractivity contribution in [2.24, 2.45) is 0 Å². The van der Waals surface area contributed by atoms with E-state index in [1.54, 1.807) is 6.07 Å². The van der Waals surface area contributed by atoms with E-state index < -0.39 is 21.7 Å². The summed E-state index contributed by atoms with van der Waals surface area (Å²) in [5, 5.41) is 2.45. The van der Waals surface area contributed by atoms with Gasteiger partial charge in [-0.1, -0.05) is 12.1 Å². The zero-order chi connectivity index (χ0) is 18.7. The SMILES string of the molecule is COc1ccc(C(=O)Nc2ccccc2F)cc1S(=O)(=O)N1CCCC1. The predicted molar refractivity (Wildman–Crippen MR) is 95.3 cm³/mol. The number of rotatable bonds is 5. The molecule has 1 fully saturated rings. The maximum absolute atomic E-state index is 13.7. The number of carbonyl (C=O) groups excluding carboxylic acids is 1. The molecule has 0 aromatic heterocycles. The number of amides is 1. The highest BCUT2D eigenvalue weighted by atomic mass is 32.2. The molecule has 138 valence electrons. The molecule has 0 bridgehead atoms. The van der Waals surface area contributed by atoms with Crippen molar-refractivity contribution in [3.05, 3.63) is 53.8 Å². The molecule has 2 aromatic carbocycles. The third-order valence-corrected chi connectivity index (χ3v) is 6.15. The highest BCUT2D eigenvalue weighted by Crippen LogP contribution is 2.30. The van der Waals surface area contributed by atoms with E-state index in [0.717, 1.165) is 12.8 Å². The van der Waals surface area contributed by atoms with Gasteiger partial charge in [0.15, 0.2) is 0 Å². The molecule has 8 heteroatoms. The van der Waals surface area contributed by atoms with E-state index in [2.05, 4.69) is 5.32 Å². The van der Waals surface area contributed by atoms with Crippen molar-refractivity contribution in [3.63, 3.8) is 0 Å². The number of halogens is 1. The van der Waals surface area contributed by atoms with Crippen LogP contribution in [0.25, 0.3) is 0 Å². The average molecular weight is 378 g/mol. The molecule has 2 aromatic rings. The smallest absolute Gasteiger partial charge is 0.255 e. The summed E-state index contributed by atoms with van der Waals surface area (Å²) in [4.78, 5) is 12.4. The first-order valence-electron chi connectivity index (χ1n) is 8.17. The van der Waals surface area contributed by atoms with Crippen molar-refractivity contribution in [2.75, 3.05) is 25.5 Å². The van der Waals surface area contributed by atoms with Gasteiger partial charge in [0.2, 0.25) is 10.0 Å². The van der Waals surface area contributed by atoms with Gasteiger partial charge in [-0.25, -0.2) is 12.8 Å². The molecule has 1 N–H and O–H groups in total. The van der Waals surface area contributed by atoms with E-state index in [1.807, 2.05) is 0 Å². The lowest BCUT2D eigenvalue weighted by molar-refractivity contribution is 0.102. The van der Waals surface area contributed by atoms with E-state index in [4.69, 9.17) is 4.74 Å². The molecule has 1 saturated heterocycles. The third kappa shape index (κ3) is 3.56. The van der Waals surface area contributed by atoms with Crippen LogP contribution in [0.1, 0.15) is 23.2 Å². The highest BCUT2D eigenvalue weighted by Gasteiger charge is 2.30.